The Morgan fingerprint density at radius 3 is 2.42 bits per heavy atom. The number of hydrogen-bond acceptors (Lipinski definition) is 4. The molecular weight excluding hydrogens is 361 g/mol. The Bertz CT molecular complexity index is 804. The molecule has 2 rings (SSSR count). The smallest absolute Gasteiger partial charge is 0.249 e. The van der Waals surface area contributed by atoms with Gasteiger partial charge in [-0.25, -0.2) is 17.7 Å². The highest BCUT2D eigenvalue weighted by atomic mass is 32.2. The van der Waals surface area contributed by atoms with E-state index in [1.54, 1.807) is 6.07 Å². The van der Waals surface area contributed by atoms with E-state index in [9.17, 15) is 21.6 Å². The van der Waals surface area contributed by atoms with E-state index < -0.39 is 21.8 Å². The average Bonchev–Trinajstić information content (AvgIpc) is 2.52. The highest BCUT2D eigenvalue weighted by Gasteiger charge is 2.30. The summed E-state index contributed by atoms with van der Waals surface area (Å²) in [4.78, 5) is 4.11. The Morgan fingerprint density at radius 2 is 1.88 bits per heavy atom. The van der Waals surface area contributed by atoms with Crippen molar-refractivity contribution in [2.75, 3.05) is 14.1 Å². The van der Waals surface area contributed by atoms with Crippen molar-refractivity contribution in [2.45, 2.75) is 21.9 Å². The number of thioether (sulfide) groups is 1. The van der Waals surface area contributed by atoms with Gasteiger partial charge in [0, 0.05) is 26.0 Å². The molecule has 0 aliphatic heterocycles. The molecule has 9 heteroatoms. The van der Waals surface area contributed by atoms with Gasteiger partial charge in [-0.2, -0.15) is 13.2 Å². The zero-order chi connectivity index (χ0) is 18.0. The van der Waals surface area contributed by atoms with Crippen LogP contribution in [-0.4, -0.2) is 31.8 Å². The molecule has 0 atom stereocenters. The molecule has 1 heterocycles. The first-order valence-electron chi connectivity index (χ1n) is 6.78. The van der Waals surface area contributed by atoms with E-state index in [4.69, 9.17) is 0 Å². The van der Waals surface area contributed by atoms with Gasteiger partial charge >= 0.3 is 6.18 Å². The van der Waals surface area contributed by atoms with Gasteiger partial charge < -0.3 is 0 Å². The molecule has 0 saturated heterocycles. The average molecular weight is 376 g/mol. The maximum atomic E-state index is 12.7. The Balaban J connectivity index is 2.08. The van der Waals surface area contributed by atoms with E-state index in [1.807, 2.05) is 0 Å². The van der Waals surface area contributed by atoms with Gasteiger partial charge in [-0.3, -0.25) is 0 Å². The second-order valence-electron chi connectivity index (χ2n) is 5.11. The first-order valence-corrected chi connectivity index (χ1v) is 9.21. The molecule has 130 valence electrons. The number of rotatable bonds is 5. The number of sulfonamides is 1. The number of hydrogen-bond donors (Lipinski definition) is 0. The van der Waals surface area contributed by atoms with Crippen LogP contribution >= 0.6 is 11.8 Å². The molecule has 0 saturated carbocycles. The minimum atomic E-state index is -4.37. The van der Waals surface area contributed by atoms with Crippen LogP contribution in [0.5, 0.6) is 0 Å². The van der Waals surface area contributed by atoms with Gasteiger partial charge in [0.1, 0.15) is 4.90 Å². The lowest BCUT2D eigenvalue weighted by Crippen LogP contribution is -2.22. The summed E-state index contributed by atoms with van der Waals surface area (Å²) < 4.78 is 63.0. The maximum Gasteiger partial charge on any atom is 0.416 e. The molecule has 2 aromatic rings. The van der Waals surface area contributed by atoms with Gasteiger partial charge in [-0.15, -0.1) is 11.8 Å². The molecule has 0 spiro atoms. The van der Waals surface area contributed by atoms with Gasteiger partial charge in [0.05, 0.1) is 10.6 Å². The predicted octanol–water partition coefficient (Wildman–Crippen LogP) is 3.64. The fourth-order valence-electron chi connectivity index (χ4n) is 1.81. The van der Waals surface area contributed by atoms with Crippen LogP contribution in [0.15, 0.2) is 52.5 Å². The van der Waals surface area contributed by atoms with E-state index in [2.05, 4.69) is 4.98 Å². The molecule has 0 N–H and O–H groups in total. The molecule has 0 aliphatic rings. The fraction of sp³-hybridized carbons (Fsp3) is 0.267. The maximum absolute atomic E-state index is 12.7. The first-order chi connectivity index (χ1) is 11.1. The molecule has 0 fully saturated rings. The van der Waals surface area contributed by atoms with Crippen LogP contribution in [-0.2, 0) is 22.0 Å². The third kappa shape index (κ3) is 4.49. The van der Waals surface area contributed by atoms with Gasteiger partial charge in [-0.05, 0) is 23.8 Å². The molecule has 0 aliphatic carbocycles. The Labute approximate surface area is 142 Å². The first kappa shape index (κ1) is 18.8. The van der Waals surface area contributed by atoms with E-state index in [-0.39, 0.29) is 4.90 Å². The second kappa shape index (κ2) is 7.12. The lowest BCUT2D eigenvalue weighted by atomic mass is 10.1. The third-order valence-electron chi connectivity index (χ3n) is 3.13. The fourth-order valence-corrected chi connectivity index (χ4v) is 3.44. The quantitative estimate of drug-likeness (QED) is 0.748. The number of alkyl halides is 3. The minimum Gasteiger partial charge on any atom is -0.249 e. The molecule has 0 radical (unpaired) electrons. The molecule has 0 unspecified atom stereocenters. The Hall–Kier alpha value is -1.58. The van der Waals surface area contributed by atoms with E-state index >= 15 is 0 Å². The number of pyridine rings is 1. The molecule has 1 aromatic heterocycles. The molecule has 0 bridgehead atoms. The van der Waals surface area contributed by atoms with Crippen molar-refractivity contribution in [1.82, 2.24) is 9.29 Å². The van der Waals surface area contributed by atoms with Crippen LogP contribution < -0.4 is 0 Å². The van der Waals surface area contributed by atoms with Crippen molar-refractivity contribution in [2.24, 2.45) is 0 Å². The number of nitrogens with zero attached hydrogens (tertiary/aromatic N) is 2. The summed E-state index contributed by atoms with van der Waals surface area (Å²) >= 11 is 1.23. The van der Waals surface area contributed by atoms with Gasteiger partial charge in [0.2, 0.25) is 10.0 Å². The molecule has 0 amide bonds. The van der Waals surface area contributed by atoms with Crippen molar-refractivity contribution in [3.63, 3.8) is 0 Å². The normalized spacial score (nSPS) is 12.6. The number of aromatic nitrogens is 1. The highest BCUT2D eigenvalue weighted by molar-refractivity contribution is 7.98. The summed E-state index contributed by atoms with van der Waals surface area (Å²) in [5.41, 5.74) is -0.178. The number of benzene rings is 1. The summed E-state index contributed by atoms with van der Waals surface area (Å²) in [7, 11) is -0.702. The van der Waals surface area contributed by atoms with Crippen molar-refractivity contribution in [3.05, 3.63) is 53.7 Å². The van der Waals surface area contributed by atoms with Crippen LogP contribution in [0.4, 0.5) is 13.2 Å². The van der Waals surface area contributed by atoms with Crippen LogP contribution in [0.1, 0.15) is 11.1 Å². The van der Waals surface area contributed by atoms with Crippen LogP contribution in [0.25, 0.3) is 0 Å². The molecule has 24 heavy (non-hydrogen) atoms. The van der Waals surface area contributed by atoms with E-state index in [1.165, 1.54) is 50.3 Å². The van der Waals surface area contributed by atoms with Crippen LogP contribution in [0, 0.1) is 0 Å². The minimum absolute atomic E-state index is 0.0657. The second-order valence-corrected chi connectivity index (χ2v) is 8.25. The topological polar surface area (TPSA) is 50.3 Å². The zero-order valence-corrected chi connectivity index (χ0v) is 14.5. The largest absolute Gasteiger partial charge is 0.416 e. The van der Waals surface area contributed by atoms with Crippen LogP contribution in [0.3, 0.4) is 0 Å². The predicted molar refractivity (Wildman–Crippen MR) is 86.1 cm³/mol. The monoisotopic (exact) mass is 376 g/mol. The lowest BCUT2D eigenvalue weighted by molar-refractivity contribution is -0.137. The standard InChI is InChI=1S/C15H15F3N2O2S2/c1-20(2)24(21,22)13-6-7-14(19-9-13)23-10-11-4-3-5-12(8-11)15(16,17)18/h3-9H,10H2,1-2H3. The highest BCUT2D eigenvalue weighted by Crippen LogP contribution is 2.31. The molecule has 1 aromatic carbocycles. The van der Waals surface area contributed by atoms with Gasteiger partial charge in [0.15, 0.2) is 0 Å². The van der Waals surface area contributed by atoms with Crippen molar-refractivity contribution >= 4 is 21.8 Å². The zero-order valence-electron chi connectivity index (χ0n) is 12.9. The van der Waals surface area contributed by atoms with E-state index in [0.29, 0.717) is 16.3 Å². The van der Waals surface area contributed by atoms with Crippen molar-refractivity contribution < 1.29 is 21.6 Å². The summed E-state index contributed by atoms with van der Waals surface area (Å²) in [6, 6.07) is 8.04. The Kier molecular flexibility index (Phi) is 5.56. The Morgan fingerprint density at radius 1 is 1.17 bits per heavy atom. The van der Waals surface area contributed by atoms with Crippen LogP contribution in [0.2, 0.25) is 0 Å². The van der Waals surface area contributed by atoms with Crippen molar-refractivity contribution in [1.29, 1.82) is 0 Å². The molecular formula is C15H15F3N2O2S2. The summed E-state index contributed by atoms with van der Waals surface area (Å²) in [5, 5.41) is 0.533. The van der Waals surface area contributed by atoms with E-state index in [0.717, 1.165) is 16.4 Å². The van der Waals surface area contributed by atoms with Crippen molar-refractivity contribution in [3.8, 4) is 0 Å². The molecule has 4 nitrogen and oxygen atoms in total. The number of halogens is 3. The van der Waals surface area contributed by atoms with Gasteiger partial charge in [0.25, 0.3) is 0 Å². The third-order valence-corrected chi connectivity index (χ3v) is 5.94. The SMILES string of the molecule is CN(C)S(=O)(=O)c1ccc(SCc2cccc(C(F)(F)F)c2)nc1. The summed E-state index contributed by atoms with van der Waals surface area (Å²) in [5.74, 6) is 0.302. The lowest BCUT2D eigenvalue weighted by Gasteiger charge is -2.11. The summed E-state index contributed by atoms with van der Waals surface area (Å²) in [6.45, 7) is 0. The summed E-state index contributed by atoms with van der Waals surface area (Å²) in [6.07, 6.45) is -3.13. The van der Waals surface area contributed by atoms with Gasteiger partial charge in [-0.1, -0.05) is 18.2 Å².